The molecule has 0 radical (unpaired) electrons. The van der Waals surface area contributed by atoms with Gasteiger partial charge in [-0.1, -0.05) is 13.8 Å². The molecule has 0 bridgehead atoms. The second-order valence-corrected chi connectivity index (χ2v) is 5.12. The van der Waals surface area contributed by atoms with Crippen LogP contribution < -0.4 is 5.73 Å². The van der Waals surface area contributed by atoms with Crippen LogP contribution in [0.1, 0.15) is 36.4 Å². The molecule has 1 saturated heterocycles. The van der Waals surface area contributed by atoms with Crippen molar-refractivity contribution in [3.63, 3.8) is 0 Å². The first-order chi connectivity index (χ1) is 8.67. The van der Waals surface area contributed by atoms with Crippen LogP contribution in [0.15, 0.2) is 16.7 Å². The van der Waals surface area contributed by atoms with E-state index in [1.165, 1.54) is 0 Å². The quantitative estimate of drug-likeness (QED) is 0.891. The number of aryl methyl sites for hydroxylation is 1. The number of rotatable bonds is 3. The molecular formula is C14H22N2O2. The second kappa shape index (κ2) is 5.57. The van der Waals surface area contributed by atoms with Crippen LogP contribution in [0.25, 0.3) is 0 Å². The zero-order valence-corrected chi connectivity index (χ0v) is 11.2. The SMILES string of the molecule is CCc1occc1C(=O)N1CCC(C)C(CN)C1. The van der Waals surface area contributed by atoms with E-state index in [1.54, 1.807) is 12.3 Å². The van der Waals surface area contributed by atoms with Crippen molar-refractivity contribution in [2.45, 2.75) is 26.7 Å². The molecule has 4 heteroatoms. The van der Waals surface area contributed by atoms with Gasteiger partial charge >= 0.3 is 0 Å². The zero-order chi connectivity index (χ0) is 13.1. The Hall–Kier alpha value is -1.29. The maximum atomic E-state index is 12.4. The normalized spacial score (nSPS) is 24.3. The Labute approximate surface area is 108 Å². The largest absolute Gasteiger partial charge is 0.469 e. The summed E-state index contributed by atoms with van der Waals surface area (Å²) in [5.41, 5.74) is 6.49. The van der Waals surface area contributed by atoms with Crippen molar-refractivity contribution in [2.24, 2.45) is 17.6 Å². The highest BCUT2D eigenvalue weighted by Gasteiger charge is 2.29. The van der Waals surface area contributed by atoms with Gasteiger partial charge in [0.15, 0.2) is 0 Å². The van der Waals surface area contributed by atoms with Crippen LogP contribution in [-0.4, -0.2) is 30.4 Å². The highest BCUT2D eigenvalue weighted by Crippen LogP contribution is 2.24. The molecular weight excluding hydrogens is 228 g/mol. The Bertz CT molecular complexity index is 414. The Balaban J connectivity index is 2.10. The Morgan fingerprint density at radius 2 is 2.39 bits per heavy atom. The van der Waals surface area contributed by atoms with E-state index < -0.39 is 0 Å². The lowest BCUT2D eigenvalue weighted by molar-refractivity contribution is 0.0616. The molecule has 2 N–H and O–H groups in total. The van der Waals surface area contributed by atoms with Gasteiger partial charge in [-0.05, 0) is 30.9 Å². The standard InChI is InChI=1S/C14H22N2O2/c1-3-13-12(5-7-18-13)14(17)16-6-4-10(2)11(8-15)9-16/h5,7,10-11H,3-4,6,8-9,15H2,1-2H3. The lowest BCUT2D eigenvalue weighted by Crippen LogP contribution is -2.45. The van der Waals surface area contributed by atoms with Crippen LogP contribution in [0.3, 0.4) is 0 Å². The van der Waals surface area contributed by atoms with Crippen molar-refractivity contribution in [3.8, 4) is 0 Å². The number of amides is 1. The fourth-order valence-corrected chi connectivity index (χ4v) is 2.62. The molecule has 0 spiro atoms. The minimum absolute atomic E-state index is 0.0888. The number of carbonyl (C=O) groups excluding carboxylic acids is 1. The predicted octanol–water partition coefficient (Wildman–Crippen LogP) is 1.90. The van der Waals surface area contributed by atoms with Crippen molar-refractivity contribution in [1.29, 1.82) is 0 Å². The van der Waals surface area contributed by atoms with E-state index in [0.717, 1.165) is 31.7 Å². The van der Waals surface area contributed by atoms with Gasteiger partial charge in [0.25, 0.3) is 5.91 Å². The molecule has 1 aliphatic rings. The number of hydrogen-bond acceptors (Lipinski definition) is 3. The first-order valence-corrected chi connectivity index (χ1v) is 6.73. The molecule has 2 unspecified atom stereocenters. The lowest BCUT2D eigenvalue weighted by Gasteiger charge is -2.36. The maximum absolute atomic E-state index is 12.4. The van der Waals surface area contributed by atoms with Crippen molar-refractivity contribution in [2.75, 3.05) is 19.6 Å². The van der Waals surface area contributed by atoms with Crippen molar-refractivity contribution in [3.05, 3.63) is 23.7 Å². The van der Waals surface area contributed by atoms with Crippen LogP contribution in [0, 0.1) is 11.8 Å². The summed E-state index contributed by atoms with van der Waals surface area (Å²) in [4.78, 5) is 14.4. The molecule has 2 atom stereocenters. The number of likely N-dealkylation sites (tertiary alicyclic amines) is 1. The molecule has 1 aromatic rings. The topological polar surface area (TPSA) is 59.5 Å². The van der Waals surface area contributed by atoms with Crippen LogP contribution in [-0.2, 0) is 6.42 Å². The molecule has 1 fully saturated rings. The fraction of sp³-hybridized carbons (Fsp3) is 0.643. The Kier molecular flexibility index (Phi) is 4.07. The smallest absolute Gasteiger partial charge is 0.257 e. The summed E-state index contributed by atoms with van der Waals surface area (Å²) in [6, 6.07) is 1.77. The third-order valence-corrected chi connectivity index (χ3v) is 4.00. The number of piperidine rings is 1. The van der Waals surface area contributed by atoms with Crippen LogP contribution in [0.4, 0.5) is 0 Å². The van der Waals surface area contributed by atoms with Gasteiger partial charge in [0.2, 0.25) is 0 Å². The molecule has 18 heavy (non-hydrogen) atoms. The van der Waals surface area contributed by atoms with E-state index >= 15 is 0 Å². The lowest BCUT2D eigenvalue weighted by atomic mass is 9.87. The molecule has 100 valence electrons. The summed E-state index contributed by atoms with van der Waals surface area (Å²) in [5.74, 6) is 1.89. The summed E-state index contributed by atoms with van der Waals surface area (Å²) in [7, 11) is 0. The Morgan fingerprint density at radius 1 is 1.61 bits per heavy atom. The highest BCUT2D eigenvalue weighted by molar-refractivity contribution is 5.95. The first kappa shape index (κ1) is 13.1. The third kappa shape index (κ3) is 2.43. The van der Waals surface area contributed by atoms with Crippen molar-refractivity contribution in [1.82, 2.24) is 4.90 Å². The van der Waals surface area contributed by atoms with E-state index in [-0.39, 0.29) is 5.91 Å². The third-order valence-electron chi connectivity index (χ3n) is 4.00. The number of carbonyl (C=O) groups is 1. The molecule has 4 nitrogen and oxygen atoms in total. The van der Waals surface area contributed by atoms with E-state index in [2.05, 4.69) is 6.92 Å². The van der Waals surface area contributed by atoms with Gasteiger partial charge in [0, 0.05) is 19.5 Å². The summed E-state index contributed by atoms with van der Waals surface area (Å²) in [6.45, 7) is 6.46. The molecule has 1 aliphatic heterocycles. The summed E-state index contributed by atoms with van der Waals surface area (Å²) >= 11 is 0. The van der Waals surface area contributed by atoms with Gasteiger partial charge in [-0.15, -0.1) is 0 Å². The molecule has 0 saturated carbocycles. The van der Waals surface area contributed by atoms with E-state index in [4.69, 9.17) is 10.2 Å². The minimum Gasteiger partial charge on any atom is -0.469 e. The zero-order valence-electron chi connectivity index (χ0n) is 11.2. The van der Waals surface area contributed by atoms with Gasteiger partial charge in [0.1, 0.15) is 5.76 Å². The molecule has 0 aromatic carbocycles. The van der Waals surface area contributed by atoms with Crippen LogP contribution >= 0.6 is 0 Å². The van der Waals surface area contributed by atoms with E-state index in [9.17, 15) is 4.79 Å². The van der Waals surface area contributed by atoms with Gasteiger partial charge < -0.3 is 15.1 Å². The molecule has 0 aliphatic carbocycles. The Morgan fingerprint density at radius 3 is 3.06 bits per heavy atom. The molecule has 1 aromatic heterocycles. The number of hydrogen-bond donors (Lipinski definition) is 1. The monoisotopic (exact) mass is 250 g/mol. The maximum Gasteiger partial charge on any atom is 0.257 e. The van der Waals surface area contributed by atoms with Gasteiger partial charge in [-0.2, -0.15) is 0 Å². The number of nitrogens with two attached hydrogens (primary N) is 1. The average Bonchev–Trinajstić information content (AvgIpc) is 2.86. The molecule has 2 rings (SSSR count). The van der Waals surface area contributed by atoms with E-state index in [0.29, 0.717) is 23.9 Å². The number of nitrogens with zero attached hydrogens (tertiary/aromatic N) is 1. The average molecular weight is 250 g/mol. The summed E-state index contributed by atoms with van der Waals surface area (Å²) < 4.78 is 5.33. The van der Waals surface area contributed by atoms with Crippen LogP contribution in [0.5, 0.6) is 0 Å². The highest BCUT2D eigenvalue weighted by atomic mass is 16.3. The van der Waals surface area contributed by atoms with E-state index in [1.807, 2.05) is 11.8 Å². The van der Waals surface area contributed by atoms with Crippen LogP contribution in [0.2, 0.25) is 0 Å². The van der Waals surface area contributed by atoms with Crippen molar-refractivity contribution >= 4 is 5.91 Å². The summed E-state index contributed by atoms with van der Waals surface area (Å²) in [6.07, 6.45) is 3.38. The molecule has 1 amide bonds. The number of furan rings is 1. The molecule has 2 heterocycles. The summed E-state index contributed by atoms with van der Waals surface area (Å²) in [5, 5.41) is 0. The van der Waals surface area contributed by atoms with Gasteiger partial charge in [0.05, 0.1) is 11.8 Å². The fourth-order valence-electron chi connectivity index (χ4n) is 2.62. The first-order valence-electron chi connectivity index (χ1n) is 6.73. The predicted molar refractivity (Wildman–Crippen MR) is 70.3 cm³/mol. The van der Waals surface area contributed by atoms with Crippen molar-refractivity contribution < 1.29 is 9.21 Å². The van der Waals surface area contributed by atoms with Gasteiger partial charge in [-0.3, -0.25) is 4.79 Å². The minimum atomic E-state index is 0.0888. The van der Waals surface area contributed by atoms with Gasteiger partial charge in [-0.25, -0.2) is 0 Å². The second-order valence-electron chi connectivity index (χ2n) is 5.12.